The van der Waals surface area contributed by atoms with Gasteiger partial charge in [-0.25, -0.2) is 9.97 Å². The second-order valence-corrected chi connectivity index (χ2v) is 13.7. The number of hydrogen-bond donors (Lipinski definition) is 3. The minimum absolute atomic E-state index is 0.0878. The van der Waals surface area contributed by atoms with E-state index in [-0.39, 0.29) is 17.5 Å². The van der Waals surface area contributed by atoms with E-state index in [4.69, 9.17) is 37.9 Å². The number of rotatable bonds is 11. The third-order valence-corrected chi connectivity index (χ3v) is 10.4. The molecular weight excluding hydrogens is 691 g/mol. The van der Waals surface area contributed by atoms with Crippen molar-refractivity contribution >= 4 is 40.7 Å². The summed E-state index contributed by atoms with van der Waals surface area (Å²) in [6, 6.07) is 19.1. The molecule has 2 fully saturated rings. The van der Waals surface area contributed by atoms with Gasteiger partial charge >= 0.3 is 5.97 Å². The largest absolute Gasteiger partial charge is 0.481 e. The monoisotopic (exact) mass is 726 g/mol. The summed E-state index contributed by atoms with van der Waals surface area (Å²) in [6.07, 6.45) is 3.08. The SMILES string of the molecule is COc1nc(-c2cccc(-c3cccc(-c4ccn5c(=O)c(CN6CC(C(=O)O)C6)c(C)nc5c4)c3Cl)c2Cl)ccc1CNCC1CCC(=O)N1. The van der Waals surface area contributed by atoms with Crippen molar-refractivity contribution in [3.63, 3.8) is 0 Å². The number of aromatic nitrogens is 3. The minimum atomic E-state index is -0.817. The first-order valence-electron chi connectivity index (χ1n) is 16.7. The number of methoxy groups -OCH3 is 1. The Morgan fingerprint density at radius 2 is 1.71 bits per heavy atom. The molecule has 5 aromatic rings. The van der Waals surface area contributed by atoms with Gasteiger partial charge in [0.25, 0.3) is 5.56 Å². The fourth-order valence-electron chi connectivity index (χ4n) is 6.76. The fourth-order valence-corrected chi connectivity index (χ4v) is 7.42. The van der Waals surface area contributed by atoms with Crippen LogP contribution in [0.25, 0.3) is 39.2 Å². The fraction of sp³-hybridized carbons (Fsp3) is 0.289. The van der Waals surface area contributed by atoms with E-state index >= 15 is 0 Å². The number of pyridine rings is 2. The van der Waals surface area contributed by atoms with Crippen LogP contribution in [0.1, 0.15) is 29.7 Å². The van der Waals surface area contributed by atoms with Crippen LogP contribution in [0.2, 0.25) is 10.0 Å². The maximum absolute atomic E-state index is 13.5. The van der Waals surface area contributed by atoms with E-state index in [1.807, 2.05) is 65.6 Å². The lowest BCUT2D eigenvalue weighted by atomic mass is 9.97. The molecule has 2 aliphatic heterocycles. The van der Waals surface area contributed by atoms with Gasteiger partial charge in [0.1, 0.15) is 5.65 Å². The number of fused-ring (bicyclic) bond motifs is 1. The molecule has 0 aliphatic carbocycles. The van der Waals surface area contributed by atoms with Crippen LogP contribution in [0.5, 0.6) is 5.88 Å². The maximum atomic E-state index is 13.5. The average molecular weight is 728 g/mol. The zero-order valence-electron chi connectivity index (χ0n) is 28.1. The lowest BCUT2D eigenvalue weighted by Gasteiger charge is -2.36. The number of halogens is 2. The van der Waals surface area contributed by atoms with Gasteiger partial charge in [-0.15, -0.1) is 0 Å². The van der Waals surface area contributed by atoms with Gasteiger partial charge in [-0.05, 0) is 37.1 Å². The van der Waals surface area contributed by atoms with Gasteiger partial charge in [0.2, 0.25) is 11.8 Å². The summed E-state index contributed by atoms with van der Waals surface area (Å²) in [7, 11) is 1.58. The number of benzene rings is 2. The Balaban J connectivity index is 1.14. The number of aliphatic carboxylic acids is 1. The molecule has 13 heteroatoms. The van der Waals surface area contributed by atoms with Crippen LogP contribution in [0, 0.1) is 12.8 Å². The number of amides is 1. The second kappa shape index (κ2) is 14.4. The van der Waals surface area contributed by atoms with Crippen LogP contribution >= 0.6 is 23.2 Å². The zero-order chi connectivity index (χ0) is 35.8. The average Bonchev–Trinajstić information content (AvgIpc) is 3.52. The van der Waals surface area contributed by atoms with Crippen molar-refractivity contribution in [2.24, 2.45) is 5.92 Å². The van der Waals surface area contributed by atoms with Crippen molar-refractivity contribution < 1.29 is 19.4 Å². The van der Waals surface area contributed by atoms with Gasteiger partial charge in [-0.2, -0.15) is 0 Å². The summed E-state index contributed by atoms with van der Waals surface area (Å²) < 4.78 is 7.15. The molecule has 2 aliphatic rings. The molecule has 5 heterocycles. The highest BCUT2D eigenvalue weighted by Gasteiger charge is 2.33. The standard InChI is InChI=1S/C38H36Cl2N6O5/c1-21-30(20-45-18-24(19-45)38(49)50)37(48)46-14-13-22(15-32(46)42-21)26-5-3-6-27(34(26)39)28-7-4-8-29(35(28)40)31-11-9-23(36(44-31)51-2)16-41-17-25-10-12-33(47)43-25/h3-9,11,13-15,24-25,41H,10,12,16-20H2,1-2H3,(H,43,47)(H,49,50). The Bertz CT molecular complexity index is 2240. The van der Waals surface area contributed by atoms with Crippen LogP contribution in [0.15, 0.2) is 71.7 Å². The quantitative estimate of drug-likeness (QED) is 0.159. The second-order valence-electron chi connectivity index (χ2n) is 13.0. The zero-order valence-corrected chi connectivity index (χ0v) is 29.6. The molecule has 0 radical (unpaired) electrons. The highest BCUT2D eigenvalue weighted by atomic mass is 35.5. The molecule has 7 rings (SSSR count). The van der Waals surface area contributed by atoms with Crippen LogP contribution in [0.3, 0.4) is 0 Å². The number of carboxylic acid groups (broad SMARTS) is 1. The first-order chi connectivity index (χ1) is 24.6. The summed E-state index contributed by atoms with van der Waals surface area (Å²) >= 11 is 14.2. The van der Waals surface area contributed by atoms with E-state index in [0.717, 1.165) is 39.8 Å². The number of ether oxygens (including phenoxy) is 1. The van der Waals surface area contributed by atoms with Gasteiger partial charge in [0.15, 0.2) is 0 Å². The van der Waals surface area contributed by atoms with Crippen molar-refractivity contribution in [3.05, 3.63) is 104 Å². The molecule has 0 spiro atoms. The molecule has 51 heavy (non-hydrogen) atoms. The molecule has 3 aromatic heterocycles. The number of carbonyl (C=O) groups excluding carboxylic acids is 1. The van der Waals surface area contributed by atoms with E-state index < -0.39 is 11.9 Å². The Kier molecular flexibility index (Phi) is 9.80. The third kappa shape index (κ3) is 6.94. The van der Waals surface area contributed by atoms with Crippen molar-refractivity contribution in [1.82, 2.24) is 29.9 Å². The van der Waals surface area contributed by atoms with Crippen LogP contribution in [-0.4, -0.2) is 69.0 Å². The molecule has 1 amide bonds. The van der Waals surface area contributed by atoms with E-state index in [1.54, 1.807) is 20.2 Å². The summed E-state index contributed by atoms with van der Waals surface area (Å²) in [5, 5.41) is 16.5. The number of likely N-dealkylation sites (tertiary alicyclic amines) is 1. The van der Waals surface area contributed by atoms with Gasteiger partial charge in [-0.1, -0.05) is 65.7 Å². The number of carboxylic acids is 1. The highest BCUT2D eigenvalue weighted by Crippen LogP contribution is 2.42. The molecule has 0 bridgehead atoms. The van der Waals surface area contributed by atoms with Crippen LogP contribution in [0.4, 0.5) is 0 Å². The summed E-state index contributed by atoms with van der Waals surface area (Å²) in [6.45, 7) is 4.18. The summed E-state index contributed by atoms with van der Waals surface area (Å²) in [5.74, 6) is -0.648. The smallest absolute Gasteiger partial charge is 0.309 e. The Morgan fingerprint density at radius 3 is 2.39 bits per heavy atom. The number of carbonyl (C=O) groups is 2. The molecule has 3 N–H and O–H groups in total. The molecule has 2 aromatic carbocycles. The predicted octanol–water partition coefficient (Wildman–Crippen LogP) is 5.60. The molecule has 1 atom stereocenters. The number of hydrogen-bond acceptors (Lipinski definition) is 8. The lowest BCUT2D eigenvalue weighted by Crippen LogP contribution is -2.50. The van der Waals surface area contributed by atoms with Gasteiger partial charge in [0, 0.05) is 84.9 Å². The first-order valence-corrected chi connectivity index (χ1v) is 17.5. The molecule has 262 valence electrons. The lowest BCUT2D eigenvalue weighted by molar-refractivity contribution is -0.147. The number of aryl methyl sites for hydroxylation is 1. The molecule has 0 saturated carbocycles. The van der Waals surface area contributed by atoms with Crippen molar-refractivity contribution in [2.45, 2.75) is 38.9 Å². The maximum Gasteiger partial charge on any atom is 0.309 e. The van der Waals surface area contributed by atoms with E-state index in [9.17, 15) is 19.5 Å². The van der Waals surface area contributed by atoms with E-state index in [0.29, 0.717) is 77.7 Å². The Morgan fingerprint density at radius 1 is 1.00 bits per heavy atom. The van der Waals surface area contributed by atoms with Crippen LogP contribution in [-0.2, 0) is 22.7 Å². The number of nitrogens with one attached hydrogen (secondary N) is 2. The summed E-state index contributed by atoms with van der Waals surface area (Å²) in [4.78, 5) is 47.6. The van der Waals surface area contributed by atoms with Crippen molar-refractivity contribution in [2.75, 3.05) is 26.7 Å². The minimum Gasteiger partial charge on any atom is -0.481 e. The van der Waals surface area contributed by atoms with Gasteiger partial charge in [-0.3, -0.25) is 23.7 Å². The predicted molar refractivity (Wildman–Crippen MR) is 196 cm³/mol. The first kappa shape index (κ1) is 34.6. The molecule has 2 saturated heterocycles. The Labute approximate surface area is 304 Å². The van der Waals surface area contributed by atoms with Crippen LogP contribution < -0.4 is 20.9 Å². The van der Waals surface area contributed by atoms with E-state index in [1.165, 1.54) is 4.40 Å². The highest BCUT2D eigenvalue weighted by molar-refractivity contribution is 6.39. The normalized spacial score (nSPS) is 16.3. The topological polar surface area (TPSA) is 138 Å². The van der Waals surface area contributed by atoms with Gasteiger partial charge < -0.3 is 20.5 Å². The third-order valence-electron chi connectivity index (χ3n) is 9.62. The molecular formula is C38H36Cl2N6O5. The van der Waals surface area contributed by atoms with Gasteiger partial charge in [0.05, 0.1) is 34.3 Å². The molecule has 11 nitrogen and oxygen atoms in total. The molecule has 1 unspecified atom stereocenters. The number of nitrogens with zero attached hydrogens (tertiary/aromatic N) is 4. The van der Waals surface area contributed by atoms with Crippen molar-refractivity contribution in [1.29, 1.82) is 0 Å². The Hall–Kier alpha value is -4.81. The summed E-state index contributed by atoms with van der Waals surface area (Å²) in [5.41, 5.74) is 6.72. The van der Waals surface area contributed by atoms with E-state index in [2.05, 4.69) is 10.6 Å². The van der Waals surface area contributed by atoms with Crippen molar-refractivity contribution in [3.8, 4) is 39.4 Å².